The fourth-order valence-corrected chi connectivity index (χ4v) is 3.33. The molecule has 0 radical (unpaired) electrons. The number of aromatic nitrogens is 5. The quantitative estimate of drug-likeness (QED) is 0.397. The Kier molecular flexibility index (Phi) is 1.65. The van der Waals surface area contributed by atoms with Crippen LogP contribution in [0.3, 0.4) is 0 Å². The molecule has 0 N–H and O–H groups in total. The van der Waals surface area contributed by atoms with Crippen molar-refractivity contribution in [3.63, 3.8) is 0 Å². The van der Waals surface area contributed by atoms with Crippen molar-refractivity contribution in [2.75, 3.05) is 0 Å². The molecule has 0 atom stereocenters. The maximum Gasteiger partial charge on any atom is 0.274 e. The Balaban J connectivity index is 1.98. The van der Waals surface area contributed by atoms with Crippen LogP contribution >= 0.6 is 0 Å². The number of aryl methyl sites for hydroxylation is 1. The van der Waals surface area contributed by atoms with Crippen LogP contribution in [-0.4, -0.2) is 18.9 Å². The summed E-state index contributed by atoms with van der Waals surface area (Å²) in [5.74, 6) is 1.22. The third-order valence-corrected chi connectivity index (χ3v) is 4.16. The summed E-state index contributed by atoms with van der Waals surface area (Å²) in [5, 5.41) is 0. The van der Waals surface area contributed by atoms with Gasteiger partial charge in [-0.25, -0.2) is 18.5 Å². The van der Waals surface area contributed by atoms with Crippen LogP contribution in [0.15, 0.2) is 43.0 Å². The van der Waals surface area contributed by atoms with Crippen molar-refractivity contribution in [3.05, 3.63) is 48.5 Å². The van der Waals surface area contributed by atoms with Gasteiger partial charge in [0, 0.05) is 30.2 Å². The van der Waals surface area contributed by atoms with Gasteiger partial charge in [-0.2, -0.15) is 0 Å². The van der Waals surface area contributed by atoms with Crippen LogP contribution in [-0.2, 0) is 13.6 Å². The van der Waals surface area contributed by atoms with Crippen LogP contribution in [0.5, 0.6) is 0 Å². The second-order valence-corrected chi connectivity index (χ2v) is 5.20. The van der Waals surface area contributed by atoms with Crippen molar-refractivity contribution in [3.8, 4) is 11.4 Å². The molecule has 0 spiro atoms. The lowest BCUT2D eigenvalue weighted by Crippen LogP contribution is -2.30. The molecule has 4 aromatic rings. The normalized spacial score (nSPS) is 13.1. The van der Waals surface area contributed by atoms with Gasteiger partial charge in [-0.05, 0) is 12.1 Å². The maximum absolute atomic E-state index is 4.43. The van der Waals surface area contributed by atoms with E-state index >= 15 is 0 Å². The summed E-state index contributed by atoms with van der Waals surface area (Å²) in [7, 11) is 2.11. The average molecular weight is 262 g/mol. The van der Waals surface area contributed by atoms with Crippen LogP contribution in [0.1, 0.15) is 5.56 Å². The van der Waals surface area contributed by atoms with Gasteiger partial charge in [-0.3, -0.25) is 4.98 Å². The van der Waals surface area contributed by atoms with Crippen molar-refractivity contribution in [2.45, 2.75) is 6.54 Å². The number of imidazole rings is 1. The monoisotopic (exact) mass is 262 g/mol. The van der Waals surface area contributed by atoms with Gasteiger partial charge in [-0.15, -0.1) is 0 Å². The zero-order valence-electron chi connectivity index (χ0n) is 11.0. The Labute approximate surface area is 114 Å². The molecule has 0 amide bonds. The van der Waals surface area contributed by atoms with E-state index in [9.17, 15) is 0 Å². The molecule has 96 valence electrons. The first-order valence-corrected chi connectivity index (χ1v) is 6.62. The van der Waals surface area contributed by atoms with E-state index in [0.29, 0.717) is 0 Å². The highest BCUT2D eigenvalue weighted by Gasteiger charge is 2.32. The number of nitrogens with zero attached hydrogens (tertiary/aromatic N) is 5. The van der Waals surface area contributed by atoms with E-state index in [1.54, 1.807) is 0 Å². The SMILES string of the molecule is C[n+]1c2n(c3cc4ncccn4c31)Cc1ccncc1-2. The molecule has 4 aromatic heterocycles. The molecular weight excluding hydrogens is 250 g/mol. The number of hydrogen-bond donors (Lipinski definition) is 0. The van der Waals surface area contributed by atoms with Gasteiger partial charge >= 0.3 is 0 Å². The molecule has 0 aromatic carbocycles. The molecule has 0 bridgehead atoms. The van der Waals surface area contributed by atoms with E-state index in [-0.39, 0.29) is 0 Å². The van der Waals surface area contributed by atoms with E-state index in [0.717, 1.165) is 12.2 Å². The highest BCUT2D eigenvalue weighted by Crippen LogP contribution is 2.33. The molecular formula is C15H12N5+. The number of fused-ring (bicyclic) bond motifs is 7. The van der Waals surface area contributed by atoms with Gasteiger partial charge in [0.2, 0.25) is 5.82 Å². The molecule has 1 aliphatic heterocycles. The van der Waals surface area contributed by atoms with E-state index in [4.69, 9.17) is 0 Å². The Morgan fingerprint density at radius 2 is 2.25 bits per heavy atom. The standard InChI is InChI=1S/C15H12N5/c1-18-14-11-8-16-5-3-10(11)9-20(14)12-7-13-17-4-2-6-19(13)15(12)18/h2-8H,9H2,1H3/q+1. The van der Waals surface area contributed by atoms with E-state index in [1.165, 1.54) is 28.1 Å². The second kappa shape index (κ2) is 3.25. The van der Waals surface area contributed by atoms with Crippen molar-refractivity contribution >= 4 is 16.8 Å². The summed E-state index contributed by atoms with van der Waals surface area (Å²) in [6, 6.07) is 6.21. The molecule has 5 heteroatoms. The van der Waals surface area contributed by atoms with Gasteiger partial charge in [0.1, 0.15) is 0 Å². The average Bonchev–Trinajstić information content (AvgIpc) is 3.10. The number of pyridine rings is 1. The van der Waals surface area contributed by atoms with Crippen molar-refractivity contribution < 1.29 is 4.57 Å². The fraction of sp³-hybridized carbons (Fsp3) is 0.133. The molecule has 5 nitrogen and oxygen atoms in total. The molecule has 5 heterocycles. The second-order valence-electron chi connectivity index (χ2n) is 5.20. The van der Waals surface area contributed by atoms with Crippen LogP contribution in [0.4, 0.5) is 0 Å². The summed E-state index contributed by atoms with van der Waals surface area (Å²) in [6.45, 7) is 0.904. The maximum atomic E-state index is 4.43. The molecule has 0 saturated heterocycles. The minimum Gasteiger partial charge on any atom is -0.264 e. The summed E-state index contributed by atoms with van der Waals surface area (Å²) >= 11 is 0. The molecule has 1 aliphatic rings. The first-order chi connectivity index (χ1) is 9.84. The zero-order chi connectivity index (χ0) is 13.3. The molecule has 5 rings (SSSR count). The smallest absolute Gasteiger partial charge is 0.264 e. The van der Waals surface area contributed by atoms with E-state index < -0.39 is 0 Å². The predicted octanol–water partition coefficient (Wildman–Crippen LogP) is 1.54. The Bertz CT molecular complexity index is 992. The van der Waals surface area contributed by atoms with E-state index in [2.05, 4.69) is 48.9 Å². The lowest BCUT2D eigenvalue weighted by Gasteiger charge is -1.96. The highest BCUT2D eigenvalue weighted by atomic mass is 15.2. The van der Waals surface area contributed by atoms with Gasteiger partial charge in [0.15, 0.2) is 11.2 Å². The molecule has 0 saturated carbocycles. The summed E-state index contributed by atoms with van der Waals surface area (Å²) in [4.78, 5) is 8.70. The Morgan fingerprint density at radius 1 is 1.30 bits per heavy atom. The lowest BCUT2D eigenvalue weighted by molar-refractivity contribution is -0.636. The van der Waals surface area contributed by atoms with Gasteiger partial charge in [0.25, 0.3) is 5.65 Å². The molecule has 0 fully saturated rings. The molecule has 0 unspecified atom stereocenters. The summed E-state index contributed by atoms with van der Waals surface area (Å²) < 4.78 is 6.71. The third-order valence-electron chi connectivity index (χ3n) is 4.16. The fourth-order valence-electron chi connectivity index (χ4n) is 3.33. The van der Waals surface area contributed by atoms with Crippen LogP contribution in [0, 0.1) is 0 Å². The molecule has 20 heavy (non-hydrogen) atoms. The first-order valence-electron chi connectivity index (χ1n) is 6.62. The van der Waals surface area contributed by atoms with Crippen molar-refractivity contribution in [1.82, 2.24) is 18.9 Å². The van der Waals surface area contributed by atoms with Crippen molar-refractivity contribution in [2.24, 2.45) is 7.05 Å². The summed E-state index contributed by atoms with van der Waals surface area (Å²) in [5.41, 5.74) is 5.94. The first kappa shape index (κ1) is 10.1. The minimum absolute atomic E-state index is 0.904. The van der Waals surface area contributed by atoms with Crippen molar-refractivity contribution in [1.29, 1.82) is 0 Å². The van der Waals surface area contributed by atoms with Gasteiger partial charge < -0.3 is 0 Å². The van der Waals surface area contributed by atoms with Gasteiger partial charge in [-0.1, -0.05) is 0 Å². The number of rotatable bonds is 0. The van der Waals surface area contributed by atoms with Gasteiger partial charge in [0.05, 0.1) is 25.4 Å². The predicted molar refractivity (Wildman–Crippen MR) is 74.2 cm³/mol. The highest BCUT2D eigenvalue weighted by molar-refractivity contribution is 5.82. The van der Waals surface area contributed by atoms with Crippen LogP contribution in [0.2, 0.25) is 0 Å². The zero-order valence-corrected chi connectivity index (χ0v) is 11.0. The Morgan fingerprint density at radius 3 is 3.20 bits per heavy atom. The topological polar surface area (TPSA) is 39.0 Å². The largest absolute Gasteiger partial charge is 0.274 e. The van der Waals surface area contributed by atoms with Crippen LogP contribution < -0.4 is 4.57 Å². The summed E-state index contributed by atoms with van der Waals surface area (Å²) in [6.07, 6.45) is 7.71. The van der Waals surface area contributed by atoms with Crippen LogP contribution in [0.25, 0.3) is 28.2 Å². The van der Waals surface area contributed by atoms with E-state index in [1.807, 2.05) is 24.7 Å². The molecule has 0 aliphatic carbocycles. The minimum atomic E-state index is 0.904. The third kappa shape index (κ3) is 1.02. The Hall–Kier alpha value is -2.69. The number of hydrogen-bond acceptors (Lipinski definition) is 2. The lowest BCUT2D eigenvalue weighted by atomic mass is 10.2.